The summed E-state index contributed by atoms with van der Waals surface area (Å²) in [4.78, 5) is 25.4. The first-order chi connectivity index (χ1) is 28.2. The van der Waals surface area contributed by atoms with Gasteiger partial charge in [-0.1, -0.05) is 153 Å². The van der Waals surface area contributed by atoms with Gasteiger partial charge in [0.1, 0.15) is 30.5 Å². The highest BCUT2D eigenvalue weighted by Crippen LogP contribution is 2.23. The van der Waals surface area contributed by atoms with Crippen LogP contribution in [0.25, 0.3) is 0 Å². The molecule has 1 aromatic rings. The average molecular weight is 823 g/mol. The van der Waals surface area contributed by atoms with Gasteiger partial charge in [0.15, 0.2) is 6.29 Å². The van der Waals surface area contributed by atoms with Crippen LogP contribution in [-0.2, 0) is 25.5 Å². The van der Waals surface area contributed by atoms with Crippen molar-refractivity contribution in [3.63, 3.8) is 0 Å². The number of carbonyl (C=O) groups excluding carboxylic acids is 2. The highest BCUT2D eigenvalue weighted by atomic mass is 16.7. The van der Waals surface area contributed by atoms with E-state index in [0.717, 1.165) is 51.4 Å². The first kappa shape index (κ1) is 52.0. The number of amides is 2. The van der Waals surface area contributed by atoms with Gasteiger partial charge in [-0.3, -0.25) is 9.59 Å². The Hall–Kier alpha value is -2.16. The van der Waals surface area contributed by atoms with Crippen LogP contribution in [0.1, 0.15) is 173 Å². The molecule has 2 unspecified atom stereocenters. The third kappa shape index (κ3) is 23.6. The van der Waals surface area contributed by atoms with Crippen molar-refractivity contribution in [2.75, 3.05) is 19.8 Å². The summed E-state index contributed by atoms with van der Waals surface area (Å²) in [6.45, 7) is 1.82. The van der Waals surface area contributed by atoms with E-state index in [2.05, 4.69) is 29.7 Å². The molecule has 12 nitrogen and oxygen atoms in total. The number of benzene rings is 1. The minimum atomic E-state index is -1.65. The van der Waals surface area contributed by atoms with Gasteiger partial charge in [-0.05, 0) is 44.1 Å². The van der Waals surface area contributed by atoms with Crippen molar-refractivity contribution in [2.24, 2.45) is 0 Å². The zero-order chi connectivity index (χ0) is 42.2. The Kier molecular flexibility index (Phi) is 30.1. The number of unbranched alkanes of at least 4 members (excludes halogenated alkanes) is 19. The molecule has 0 aromatic heterocycles. The summed E-state index contributed by atoms with van der Waals surface area (Å²) >= 11 is 0. The summed E-state index contributed by atoms with van der Waals surface area (Å²) in [6.07, 6.45) is 16.7. The van der Waals surface area contributed by atoms with Crippen LogP contribution in [-0.4, -0.2) is 111 Å². The van der Waals surface area contributed by atoms with Crippen LogP contribution in [0.4, 0.5) is 0 Å². The third-order valence-corrected chi connectivity index (χ3v) is 11.4. The minimum absolute atomic E-state index is 0.0969. The molecule has 58 heavy (non-hydrogen) atoms. The van der Waals surface area contributed by atoms with Crippen molar-refractivity contribution >= 4 is 11.8 Å². The van der Waals surface area contributed by atoms with Gasteiger partial charge in [-0.15, -0.1) is 0 Å². The first-order valence-electron chi connectivity index (χ1n) is 23.1. The number of aryl methyl sites for hydroxylation is 1. The second-order valence-electron chi connectivity index (χ2n) is 16.6. The van der Waals surface area contributed by atoms with E-state index in [-0.39, 0.29) is 31.1 Å². The fraction of sp³-hybridized carbons (Fsp3) is 0.826. The first-order valence-corrected chi connectivity index (χ1v) is 23.1. The van der Waals surface area contributed by atoms with Crippen LogP contribution < -0.4 is 10.6 Å². The number of hydrogen-bond donors (Lipinski definition) is 8. The molecule has 1 aliphatic rings. The molecule has 2 amide bonds. The number of ether oxygens (including phenoxy) is 2. The molecule has 8 atom stereocenters. The van der Waals surface area contributed by atoms with Crippen molar-refractivity contribution < 1.29 is 49.7 Å². The summed E-state index contributed by atoms with van der Waals surface area (Å²) in [5, 5.41) is 68.0. The largest absolute Gasteiger partial charge is 0.394 e. The number of aliphatic hydroxyl groups is 6. The zero-order valence-corrected chi connectivity index (χ0v) is 35.8. The van der Waals surface area contributed by atoms with E-state index in [1.165, 1.54) is 89.0 Å². The topological polar surface area (TPSA) is 198 Å². The van der Waals surface area contributed by atoms with E-state index in [9.17, 15) is 40.2 Å². The third-order valence-electron chi connectivity index (χ3n) is 11.4. The molecule has 0 saturated carbocycles. The Bertz CT molecular complexity index is 1140. The van der Waals surface area contributed by atoms with Crippen LogP contribution in [0.15, 0.2) is 30.3 Å². The highest BCUT2D eigenvalue weighted by molar-refractivity contribution is 5.76. The Balaban J connectivity index is 1.68. The van der Waals surface area contributed by atoms with E-state index in [4.69, 9.17) is 9.47 Å². The van der Waals surface area contributed by atoms with E-state index in [0.29, 0.717) is 19.4 Å². The predicted octanol–water partition coefficient (Wildman–Crippen LogP) is 6.14. The van der Waals surface area contributed by atoms with Gasteiger partial charge in [0.25, 0.3) is 0 Å². The van der Waals surface area contributed by atoms with Gasteiger partial charge < -0.3 is 50.7 Å². The molecule has 1 fully saturated rings. The summed E-state index contributed by atoms with van der Waals surface area (Å²) in [5.74, 6) is -0.454. The van der Waals surface area contributed by atoms with Crippen molar-refractivity contribution in [2.45, 2.75) is 223 Å². The van der Waals surface area contributed by atoms with Crippen LogP contribution >= 0.6 is 0 Å². The lowest BCUT2D eigenvalue weighted by atomic mass is 9.99. The molecular weight excluding hydrogens is 741 g/mol. The van der Waals surface area contributed by atoms with Gasteiger partial charge >= 0.3 is 0 Å². The van der Waals surface area contributed by atoms with Crippen LogP contribution in [0.3, 0.4) is 0 Å². The molecular formula is C46H82N2O10. The maximum Gasteiger partial charge on any atom is 0.220 e. The smallest absolute Gasteiger partial charge is 0.220 e. The Morgan fingerprint density at radius 2 is 1.21 bits per heavy atom. The average Bonchev–Trinajstić information content (AvgIpc) is 3.22. The Morgan fingerprint density at radius 3 is 1.79 bits per heavy atom. The summed E-state index contributed by atoms with van der Waals surface area (Å²) < 4.78 is 11.1. The second-order valence-corrected chi connectivity index (χ2v) is 16.6. The summed E-state index contributed by atoms with van der Waals surface area (Å²) in [6, 6.07) is 9.28. The number of carbonyl (C=O) groups is 2. The quantitative estimate of drug-likeness (QED) is 0.0364. The number of rotatable bonds is 36. The van der Waals surface area contributed by atoms with E-state index in [1.54, 1.807) is 0 Å². The van der Waals surface area contributed by atoms with E-state index < -0.39 is 62.2 Å². The molecule has 1 aromatic carbocycles. The van der Waals surface area contributed by atoms with Gasteiger partial charge in [-0.25, -0.2) is 0 Å². The molecule has 0 radical (unpaired) electrons. The Labute approximate surface area is 349 Å². The van der Waals surface area contributed by atoms with E-state index in [1.807, 2.05) is 18.2 Å². The van der Waals surface area contributed by atoms with E-state index >= 15 is 0 Å². The maximum atomic E-state index is 13.0. The van der Waals surface area contributed by atoms with Crippen LogP contribution in [0, 0.1) is 0 Å². The standard InChI is InChI=1S/C46H82N2O10/c1-2-3-4-5-6-7-8-9-10-11-12-13-14-15-16-17-24-31-41(52)48-37(35-57-46-45(56)44(55)43(54)39(34-49)58-46)42(53)38(50)30-26-32-40(51)47-33-25-19-18-21-27-36-28-22-20-23-29-36/h20,22-23,28-29,37-39,42-46,49-50,53-56H,2-19,21,24-27,30-35H2,1H3,(H,47,51)(H,48,52)/t37-,38+,39?,42-,43-,44-,45?,46-/m0/s1. The molecule has 8 N–H and O–H groups in total. The van der Waals surface area contributed by atoms with Crippen molar-refractivity contribution in [1.29, 1.82) is 0 Å². The lowest BCUT2D eigenvalue weighted by Crippen LogP contribution is -2.60. The molecule has 336 valence electrons. The van der Waals surface area contributed by atoms with Gasteiger partial charge in [0.2, 0.25) is 11.8 Å². The normalized spacial score (nSPS) is 21.1. The number of nitrogens with one attached hydrogen (secondary N) is 2. The molecule has 1 saturated heterocycles. The molecule has 1 heterocycles. The molecule has 0 aliphatic carbocycles. The molecule has 12 heteroatoms. The summed E-state index contributed by atoms with van der Waals surface area (Å²) in [5.41, 5.74) is 1.33. The van der Waals surface area contributed by atoms with Gasteiger partial charge in [0.05, 0.1) is 25.4 Å². The fourth-order valence-corrected chi connectivity index (χ4v) is 7.60. The zero-order valence-electron chi connectivity index (χ0n) is 35.8. The number of hydrogen-bond acceptors (Lipinski definition) is 10. The van der Waals surface area contributed by atoms with Crippen molar-refractivity contribution in [3.05, 3.63) is 35.9 Å². The molecule has 1 aliphatic heterocycles. The van der Waals surface area contributed by atoms with Crippen molar-refractivity contribution in [1.82, 2.24) is 10.6 Å². The second kappa shape index (κ2) is 33.5. The van der Waals surface area contributed by atoms with Crippen LogP contribution in [0.5, 0.6) is 0 Å². The van der Waals surface area contributed by atoms with Gasteiger partial charge in [-0.2, -0.15) is 0 Å². The summed E-state index contributed by atoms with van der Waals surface area (Å²) in [7, 11) is 0. The molecule has 2 rings (SSSR count). The highest BCUT2D eigenvalue weighted by Gasteiger charge is 2.44. The maximum absolute atomic E-state index is 13.0. The molecule has 0 spiro atoms. The number of aliphatic hydroxyl groups excluding tert-OH is 6. The lowest BCUT2D eigenvalue weighted by Gasteiger charge is -2.40. The SMILES string of the molecule is CCCCCCCCCCCCCCCCCCCC(=O)N[C@@H](CO[C@H]1OC(CO)[C@H](O)[C@H](O)C1O)[C@H](O)[C@H](O)CCCC(=O)NCCCCCCc1ccccc1. The minimum Gasteiger partial charge on any atom is -0.394 e. The van der Waals surface area contributed by atoms with Crippen LogP contribution in [0.2, 0.25) is 0 Å². The predicted molar refractivity (Wildman–Crippen MR) is 228 cm³/mol. The van der Waals surface area contributed by atoms with Gasteiger partial charge in [0, 0.05) is 19.4 Å². The molecule has 0 bridgehead atoms. The van der Waals surface area contributed by atoms with Crippen molar-refractivity contribution in [3.8, 4) is 0 Å². The fourth-order valence-electron chi connectivity index (χ4n) is 7.60. The Morgan fingerprint density at radius 1 is 0.672 bits per heavy atom. The monoisotopic (exact) mass is 823 g/mol. The lowest BCUT2D eigenvalue weighted by molar-refractivity contribution is -0.303.